The Morgan fingerprint density at radius 2 is 0.909 bits per heavy atom. The zero-order chi connectivity index (χ0) is 36.9. The Hall–Kier alpha value is -5.97. The molecular weight excluding hydrogens is 683 g/mol. The van der Waals surface area contributed by atoms with Gasteiger partial charge in [0.2, 0.25) is 0 Å². The molecule has 55 heavy (non-hydrogen) atoms. The average Bonchev–Trinajstić information content (AvgIpc) is 3.53. The molecule has 8 aromatic carbocycles. The predicted octanol–water partition coefficient (Wildman–Crippen LogP) is 12.6. The normalized spacial score (nSPS) is 13.1. The molecule has 0 unspecified atom stereocenters. The van der Waals surface area contributed by atoms with E-state index in [-0.39, 0.29) is 0 Å². The molecule has 1 aromatic heterocycles. The highest BCUT2D eigenvalue weighted by molar-refractivity contribution is 7.06. The number of benzene rings is 8. The van der Waals surface area contributed by atoms with Gasteiger partial charge in [0.05, 0.1) is 0 Å². The molecule has 0 saturated heterocycles. The van der Waals surface area contributed by atoms with Crippen LogP contribution in [-0.4, -0.2) is 23.0 Å². The van der Waals surface area contributed by atoms with Crippen LogP contribution in [0.5, 0.6) is 0 Å². The lowest BCUT2D eigenvalue weighted by Crippen LogP contribution is -2.55. The Kier molecular flexibility index (Phi) is 8.37. The molecule has 2 heterocycles. The molecule has 0 saturated carbocycles. The van der Waals surface area contributed by atoms with Crippen molar-refractivity contribution in [3.8, 4) is 45.3 Å². The molecule has 0 fully saturated rings. The standard InChI is InChI=1S/C51H43N3Si/c1-3-5-29-55(30-6-4-2)46-28-26-34-17-13-14-22-38(34)48(46)45-32-43-41-27-25-37(31-42(41)39-23-15-16-24-40(39)44(43)33-47(45)55)51-53-49(35-18-9-7-10-19-35)52-50(54-51)36-20-11-8-12-21-36/h7-28,31-33H,3-6,29-30H2,1-2H3. The number of aromatic nitrogens is 3. The van der Waals surface area contributed by atoms with Crippen LogP contribution in [0.1, 0.15) is 39.5 Å². The first-order valence-corrected chi connectivity index (χ1v) is 22.4. The summed E-state index contributed by atoms with van der Waals surface area (Å²) in [5.74, 6) is 2.03. The second kappa shape index (κ2) is 13.7. The SMILES string of the molecule is CCCC[Si]1(CCCC)c2cc3c4ccccc4c4cc(-c5nc(-c6ccccc6)nc(-c6ccccc6)n5)ccc4c3cc2-c2c1ccc1ccccc21. The molecule has 1 aliphatic heterocycles. The van der Waals surface area contributed by atoms with E-state index in [9.17, 15) is 0 Å². The third kappa shape index (κ3) is 5.50. The number of nitrogens with zero attached hydrogens (tertiary/aromatic N) is 3. The highest BCUT2D eigenvalue weighted by Gasteiger charge is 2.45. The van der Waals surface area contributed by atoms with Gasteiger partial charge in [-0.25, -0.2) is 15.0 Å². The largest absolute Gasteiger partial charge is 0.208 e. The van der Waals surface area contributed by atoms with Crippen molar-refractivity contribution in [1.29, 1.82) is 0 Å². The Morgan fingerprint density at radius 1 is 0.400 bits per heavy atom. The maximum absolute atomic E-state index is 5.10. The van der Waals surface area contributed by atoms with Gasteiger partial charge in [-0.3, -0.25) is 0 Å². The fourth-order valence-corrected chi connectivity index (χ4v) is 15.2. The summed E-state index contributed by atoms with van der Waals surface area (Å²) in [4.78, 5) is 15.1. The summed E-state index contributed by atoms with van der Waals surface area (Å²) >= 11 is 0. The maximum Gasteiger partial charge on any atom is 0.164 e. The predicted molar refractivity (Wildman–Crippen MR) is 236 cm³/mol. The Bertz CT molecular complexity index is 2840. The van der Waals surface area contributed by atoms with Crippen LogP contribution in [0.15, 0.2) is 152 Å². The second-order valence-electron chi connectivity index (χ2n) is 15.3. The molecule has 9 aromatic rings. The molecule has 0 amide bonds. The quantitative estimate of drug-likeness (QED) is 0.110. The zero-order valence-electron chi connectivity index (χ0n) is 31.5. The molecule has 3 nitrogen and oxygen atoms in total. The average molecular weight is 726 g/mol. The van der Waals surface area contributed by atoms with Crippen LogP contribution in [0.3, 0.4) is 0 Å². The topological polar surface area (TPSA) is 38.7 Å². The van der Waals surface area contributed by atoms with Crippen LogP contribution in [0.4, 0.5) is 0 Å². The smallest absolute Gasteiger partial charge is 0.164 e. The highest BCUT2D eigenvalue weighted by atomic mass is 28.3. The lowest BCUT2D eigenvalue weighted by Gasteiger charge is -2.30. The number of hydrogen-bond acceptors (Lipinski definition) is 3. The lowest BCUT2D eigenvalue weighted by atomic mass is 9.90. The van der Waals surface area contributed by atoms with Gasteiger partial charge in [-0.05, 0) is 88.8 Å². The molecule has 0 radical (unpaired) electrons. The number of hydrogen-bond donors (Lipinski definition) is 0. The van der Waals surface area contributed by atoms with Crippen molar-refractivity contribution in [3.05, 3.63) is 152 Å². The summed E-state index contributed by atoms with van der Waals surface area (Å²) in [5, 5.41) is 13.8. The molecule has 1 aliphatic rings. The maximum atomic E-state index is 5.10. The van der Waals surface area contributed by atoms with E-state index >= 15 is 0 Å². The van der Waals surface area contributed by atoms with Gasteiger partial charge in [0.15, 0.2) is 17.5 Å². The molecule has 4 heteroatoms. The summed E-state index contributed by atoms with van der Waals surface area (Å²) in [5.41, 5.74) is 5.89. The van der Waals surface area contributed by atoms with Gasteiger partial charge in [-0.15, -0.1) is 0 Å². The van der Waals surface area contributed by atoms with E-state index in [0.717, 1.165) is 16.7 Å². The third-order valence-corrected chi connectivity index (χ3v) is 17.4. The van der Waals surface area contributed by atoms with Crippen molar-refractivity contribution in [2.24, 2.45) is 0 Å². The van der Waals surface area contributed by atoms with Gasteiger partial charge >= 0.3 is 0 Å². The Balaban J connectivity index is 1.24. The Morgan fingerprint density at radius 3 is 1.53 bits per heavy atom. The summed E-state index contributed by atoms with van der Waals surface area (Å²) in [6.45, 7) is 4.71. The summed E-state index contributed by atoms with van der Waals surface area (Å²) in [6.07, 6.45) is 5.00. The first-order valence-electron chi connectivity index (χ1n) is 20.0. The van der Waals surface area contributed by atoms with E-state index in [0.29, 0.717) is 17.5 Å². The van der Waals surface area contributed by atoms with Crippen LogP contribution in [-0.2, 0) is 0 Å². The second-order valence-corrected chi connectivity index (χ2v) is 19.5. The molecule has 266 valence electrons. The van der Waals surface area contributed by atoms with Crippen molar-refractivity contribution in [3.63, 3.8) is 0 Å². The van der Waals surface area contributed by atoms with E-state index in [1.807, 2.05) is 36.4 Å². The fraction of sp³-hybridized carbons (Fsp3) is 0.157. The van der Waals surface area contributed by atoms with E-state index in [1.165, 1.54) is 92.0 Å². The van der Waals surface area contributed by atoms with Gasteiger partial charge in [0.1, 0.15) is 8.07 Å². The molecule has 0 spiro atoms. The van der Waals surface area contributed by atoms with Gasteiger partial charge < -0.3 is 0 Å². The molecular formula is C51H43N3Si. The minimum Gasteiger partial charge on any atom is -0.208 e. The van der Waals surface area contributed by atoms with Crippen LogP contribution >= 0.6 is 0 Å². The van der Waals surface area contributed by atoms with Gasteiger partial charge in [0, 0.05) is 16.7 Å². The van der Waals surface area contributed by atoms with Crippen molar-refractivity contribution in [2.75, 3.05) is 0 Å². The van der Waals surface area contributed by atoms with Crippen molar-refractivity contribution in [2.45, 2.75) is 51.6 Å². The lowest BCUT2D eigenvalue weighted by molar-refractivity contribution is 0.839. The van der Waals surface area contributed by atoms with E-state index in [2.05, 4.69) is 129 Å². The number of rotatable bonds is 9. The molecule has 0 N–H and O–H groups in total. The molecule has 10 rings (SSSR count). The van der Waals surface area contributed by atoms with Gasteiger partial charge in [-0.2, -0.15) is 0 Å². The number of unbranched alkanes of at least 4 members (excludes halogenated alkanes) is 2. The van der Waals surface area contributed by atoms with Crippen LogP contribution in [0.2, 0.25) is 12.1 Å². The van der Waals surface area contributed by atoms with Gasteiger partial charge in [0.25, 0.3) is 0 Å². The highest BCUT2D eigenvalue weighted by Crippen LogP contribution is 2.44. The van der Waals surface area contributed by atoms with Crippen LogP contribution in [0.25, 0.3) is 88.4 Å². The molecule has 0 bridgehead atoms. The first-order chi connectivity index (χ1) is 27.2. The van der Waals surface area contributed by atoms with Crippen molar-refractivity contribution in [1.82, 2.24) is 15.0 Å². The minimum atomic E-state index is -2.05. The third-order valence-electron chi connectivity index (χ3n) is 12.1. The number of fused-ring (bicyclic) bond motifs is 11. The minimum absolute atomic E-state index is 0.674. The monoisotopic (exact) mass is 725 g/mol. The first kappa shape index (κ1) is 33.6. The molecule has 0 aliphatic carbocycles. The van der Waals surface area contributed by atoms with E-state index < -0.39 is 8.07 Å². The summed E-state index contributed by atoms with van der Waals surface area (Å²) in [6, 6.07) is 58.2. The fourth-order valence-electron chi connectivity index (χ4n) is 9.41. The van der Waals surface area contributed by atoms with Gasteiger partial charge in [-0.1, -0.05) is 179 Å². The van der Waals surface area contributed by atoms with Crippen LogP contribution < -0.4 is 10.4 Å². The van der Waals surface area contributed by atoms with Crippen molar-refractivity contribution >= 4 is 61.5 Å². The van der Waals surface area contributed by atoms with E-state index in [4.69, 9.17) is 15.0 Å². The Labute approximate surface area is 323 Å². The van der Waals surface area contributed by atoms with Crippen LogP contribution in [0, 0.1) is 0 Å². The molecule has 0 atom stereocenters. The van der Waals surface area contributed by atoms with Crippen molar-refractivity contribution < 1.29 is 0 Å². The zero-order valence-corrected chi connectivity index (χ0v) is 32.5. The van der Waals surface area contributed by atoms with E-state index in [1.54, 1.807) is 10.4 Å². The summed E-state index contributed by atoms with van der Waals surface area (Å²) < 4.78 is 0. The summed E-state index contributed by atoms with van der Waals surface area (Å²) in [7, 11) is -2.05.